The van der Waals surface area contributed by atoms with Crippen LogP contribution in [-0.2, 0) is 12.0 Å². The molecule has 2 aliphatic carbocycles. The van der Waals surface area contributed by atoms with Crippen LogP contribution in [0.4, 0.5) is 5.69 Å². The van der Waals surface area contributed by atoms with E-state index in [0.29, 0.717) is 21.4 Å². The van der Waals surface area contributed by atoms with Gasteiger partial charge in [0, 0.05) is 12.2 Å². The molecule has 0 radical (unpaired) electrons. The van der Waals surface area contributed by atoms with Crippen molar-refractivity contribution in [3.8, 4) is 5.75 Å². The van der Waals surface area contributed by atoms with Gasteiger partial charge in [0.1, 0.15) is 5.75 Å². The molecule has 1 spiro atoms. The van der Waals surface area contributed by atoms with Crippen molar-refractivity contribution in [1.29, 1.82) is 0 Å². The molecular formula is C26H31Cl2NO. The lowest BCUT2D eigenvalue weighted by Crippen LogP contribution is -2.69. The van der Waals surface area contributed by atoms with E-state index in [1.54, 1.807) is 7.11 Å². The average molecular weight is 444 g/mol. The summed E-state index contributed by atoms with van der Waals surface area (Å²) in [7, 11) is 1.76. The molecule has 2 heterocycles. The van der Waals surface area contributed by atoms with Crippen molar-refractivity contribution in [3.05, 3.63) is 57.6 Å². The number of benzene rings is 2. The van der Waals surface area contributed by atoms with Gasteiger partial charge in [-0.3, -0.25) is 0 Å². The third kappa shape index (κ3) is 2.83. The maximum absolute atomic E-state index is 6.49. The third-order valence-electron chi connectivity index (χ3n) is 8.39. The van der Waals surface area contributed by atoms with Crippen LogP contribution in [0.2, 0.25) is 10.0 Å². The van der Waals surface area contributed by atoms with Gasteiger partial charge in [-0.2, -0.15) is 0 Å². The number of hydrogen-bond donors (Lipinski definition) is 0. The maximum atomic E-state index is 6.49. The SMILES string of the molecule is CCC[C@H]1[C@@H]2CCc3cc(OC)ccc3[C@@]23CC[C@]1(C)CN3c1ccc(Cl)c(Cl)c1. The molecule has 2 aliphatic heterocycles. The molecule has 0 amide bonds. The molecule has 0 aromatic heterocycles. The Hall–Kier alpha value is -1.38. The average Bonchev–Trinajstić information content (AvgIpc) is 2.75. The molecule has 6 rings (SSSR count). The normalized spacial score (nSPS) is 32.0. The third-order valence-corrected chi connectivity index (χ3v) is 9.13. The highest BCUT2D eigenvalue weighted by Gasteiger charge is 2.63. The van der Waals surface area contributed by atoms with Crippen LogP contribution in [-0.4, -0.2) is 13.7 Å². The van der Waals surface area contributed by atoms with Crippen LogP contribution in [0.25, 0.3) is 0 Å². The van der Waals surface area contributed by atoms with Crippen LogP contribution in [0, 0.1) is 17.3 Å². The number of anilines is 1. The standard InChI is InChI=1S/C26H31Cl2NO/c1-4-5-21-22-9-6-17-14-19(30-3)8-10-20(17)26(22)13-12-25(21,2)16-29(26)18-7-11-23(27)24(28)15-18/h7-8,10-11,14-15,21-22H,4-6,9,12-13,16H2,1-3H3/t21-,22-,25+,26-/m0/s1. The van der Waals surface area contributed by atoms with Crippen molar-refractivity contribution >= 4 is 28.9 Å². The molecule has 0 unspecified atom stereocenters. The fraction of sp³-hybridized carbons (Fsp3) is 0.538. The Morgan fingerprint density at radius 2 is 1.93 bits per heavy atom. The van der Waals surface area contributed by atoms with Gasteiger partial charge in [-0.05, 0) is 90.8 Å². The molecule has 2 bridgehead atoms. The maximum Gasteiger partial charge on any atom is 0.119 e. The van der Waals surface area contributed by atoms with Crippen molar-refractivity contribution in [2.45, 2.75) is 57.9 Å². The molecule has 0 N–H and O–H groups in total. The van der Waals surface area contributed by atoms with E-state index in [2.05, 4.69) is 49.1 Å². The van der Waals surface area contributed by atoms with Gasteiger partial charge in [-0.25, -0.2) is 0 Å². The first-order chi connectivity index (χ1) is 14.4. The lowest BCUT2D eigenvalue weighted by atomic mass is 9.46. The lowest BCUT2D eigenvalue weighted by molar-refractivity contribution is -0.0641. The Balaban J connectivity index is 1.71. The summed E-state index contributed by atoms with van der Waals surface area (Å²) in [5, 5.41) is 1.27. The van der Waals surface area contributed by atoms with Crippen molar-refractivity contribution in [2.75, 3.05) is 18.6 Å². The van der Waals surface area contributed by atoms with E-state index in [0.717, 1.165) is 24.6 Å². The zero-order valence-corrected chi connectivity index (χ0v) is 19.7. The summed E-state index contributed by atoms with van der Waals surface area (Å²) in [4.78, 5) is 2.69. The summed E-state index contributed by atoms with van der Waals surface area (Å²) >= 11 is 12.8. The number of methoxy groups -OCH3 is 1. The van der Waals surface area contributed by atoms with Gasteiger partial charge in [-0.1, -0.05) is 49.5 Å². The molecular weight excluding hydrogens is 413 g/mol. The summed E-state index contributed by atoms with van der Waals surface area (Å²) in [6.45, 7) is 5.96. The molecule has 4 aliphatic rings. The number of ether oxygens (including phenoxy) is 1. The first-order valence-electron chi connectivity index (χ1n) is 11.3. The van der Waals surface area contributed by atoms with Crippen LogP contribution in [0.3, 0.4) is 0 Å². The topological polar surface area (TPSA) is 12.5 Å². The number of aryl methyl sites for hydroxylation is 1. The first kappa shape index (κ1) is 20.5. The Labute approximate surface area is 190 Å². The van der Waals surface area contributed by atoms with Crippen LogP contribution < -0.4 is 9.64 Å². The second-order valence-corrected chi connectivity index (χ2v) is 10.6. The fourth-order valence-corrected chi connectivity index (χ4v) is 7.38. The molecule has 2 saturated heterocycles. The summed E-state index contributed by atoms with van der Waals surface area (Å²) in [5.74, 6) is 2.40. The second kappa shape index (κ2) is 7.35. The highest BCUT2D eigenvalue weighted by Crippen LogP contribution is 2.65. The van der Waals surface area contributed by atoms with Crippen LogP contribution in [0.15, 0.2) is 36.4 Å². The minimum atomic E-state index is 0.0363. The second-order valence-electron chi connectivity index (χ2n) is 9.83. The van der Waals surface area contributed by atoms with Crippen molar-refractivity contribution < 1.29 is 4.74 Å². The van der Waals surface area contributed by atoms with E-state index in [4.69, 9.17) is 27.9 Å². The lowest BCUT2D eigenvalue weighted by Gasteiger charge is -2.69. The molecule has 4 heteroatoms. The quantitative estimate of drug-likeness (QED) is 0.484. The molecule has 160 valence electrons. The monoisotopic (exact) mass is 443 g/mol. The van der Waals surface area contributed by atoms with Gasteiger partial charge < -0.3 is 9.64 Å². The number of rotatable bonds is 4. The molecule has 2 aromatic carbocycles. The number of fused-ring (bicyclic) bond motifs is 3. The summed E-state index contributed by atoms with van der Waals surface area (Å²) < 4.78 is 5.56. The van der Waals surface area contributed by atoms with Crippen LogP contribution in [0.1, 0.15) is 57.1 Å². The minimum absolute atomic E-state index is 0.0363. The molecule has 1 saturated carbocycles. The zero-order chi connectivity index (χ0) is 21.1. The highest BCUT2D eigenvalue weighted by atomic mass is 35.5. The number of halogens is 2. The predicted molar refractivity (Wildman–Crippen MR) is 126 cm³/mol. The molecule has 4 atom stereocenters. The molecule has 2 aromatic rings. The highest BCUT2D eigenvalue weighted by molar-refractivity contribution is 6.42. The molecule has 2 nitrogen and oxygen atoms in total. The van der Waals surface area contributed by atoms with E-state index >= 15 is 0 Å². The summed E-state index contributed by atoms with van der Waals surface area (Å²) in [6.07, 6.45) is 7.47. The van der Waals surface area contributed by atoms with Crippen molar-refractivity contribution in [1.82, 2.24) is 0 Å². The first-order valence-corrected chi connectivity index (χ1v) is 12.1. The Bertz CT molecular complexity index is 976. The van der Waals surface area contributed by atoms with Gasteiger partial charge in [0.2, 0.25) is 0 Å². The van der Waals surface area contributed by atoms with Crippen molar-refractivity contribution in [2.24, 2.45) is 17.3 Å². The predicted octanol–water partition coefficient (Wildman–Crippen LogP) is 7.50. The van der Waals surface area contributed by atoms with Gasteiger partial charge >= 0.3 is 0 Å². The van der Waals surface area contributed by atoms with Gasteiger partial charge in [0.05, 0.1) is 22.7 Å². The number of nitrogens with zero attached hydrogens (tertiary/aromatic N) is 1. The van der Waals surface area contributed by atoms with E-state index < -0.39 is 0 Å². The van der Waals surface area contributed by atoms with Crippen LogP contribution >= 0.6 is 23.2 Å². The number of hydrogen-bond acceptors (Lipinski definition) is 2. The van der Waals surface area contributed by atoms with E-state index in [-0.39, 0.29) is 5.54 Å². The largest absolute Gasteiger partial charge is 0.497 e. The number of piperidine rings is 2. The molecule has 3 fully saturated rings. The van der Waals surface area contributed by atoms with Gasteiger partial charge in [0.15, 0.2) is 0 Å². The smallest absolute Gasteiger partial charge is 0.119 e. The minimum Gasteiger partial charge on any atom is -0.497 e. The summed E-state index contributed by atoms with van der Waals surface area (Å²) in [5.41, 5.74) is 4.55. The molecule has 30 heavy (non-hydrogen) atoms. The summed E-state index contributed by atoms with van der Waals surface area (Å²) in [6, 6.07) is 13.0. The van der Waals surface area contributed by atoms with E-state index in [1.165, 1.54) is 48.9 Å². The Morgan fingerprint density at radius 1 is 1.10 bits per heavy atom. The van der Waals surface area contributed by atoms with Crippen LogP contribution in [0.5, 0.6) is 5.75 Å². The van der Waals surface area contributed by atoms with E-state index in [9.17, 15) is 0 Å². The Kier molecular flexibility index (Phi) is 5.02. The van der Waals surface area contributed by atoms with Gasteiger partial charge in [-0.15, -0.1) is 0 Å². The van der Waals surface area contributed by atoms with E-state index in [1.807, 2.05) is 6.07 Å². The van der Waals surface area contributed by atoms with Crippen molar-refractivity contribution in [3.63, 3.8) is 0 Å². The fourth-order valence-electron chi connectivity index (χ4n) is 7.09. The van der Waals surface area contributed by atoms with Gasteiger partial charge in [0.25, 0.3) is 0 Å². The zero-order valence-electron chi connectivity index (χ0n) is 18.2. The Morgan fingerprint density at radius 3 is 2.67 bits per heavy atom.